The largest absolute Gasteiger partial charge is 0.373 e. The Kier molecular flexibility index (Phi) is 4.30. The first kappa shape index (κ1) is 14.0. The number of benzene rings is 1. The normalized spacial score (nSPS) is 10.3. The van der Waals surface area contributed by atoms with Crippen LogP contribution in [-0.2, 0) is 6.42 Å². The number of nitrogens with one attached hydrogen (secondary N) is 1. The Morgan fingerprint density at radius 1 is 1.30 bits per heavy atom. The standard InChI is InChI=1S/C15H17N3O2/c1-3-5-11-6-4-7-12(8-11)14-9-13(18(19)20)10-15(16-2)17-14/h4,6-10H,3,5H2,1-2H3,(H,16,17). The van der Waals surface area contributed by atoms with Crippen LogP contribution in [0.2, 0.25) is 0 Å². The molecule has 2 rings (SSSR count). The Balaban J connectivity index is 2.48. The fraction of sp³-hybridized carbons (Fsp3) is 0.267. The Hall–Kier alpha value is -2.43. The summed E-state index contributed by atoms with van der Waals surface area (Å²) >= 11 is 0. The van der Waals surface area contributed by atoms with Crippen LogP contribution in [0.4, 0.5) is 11.5 Å². The van der Waals surface area contributed by atoms with Gasteiger partial charge in [0.2, 0.25) is 0 Å². The van der Waals surface area contributed by atoms with Crippen molar-refractivity contribution in [2.45, 2.75) is 19.8 Å². The molecule has 1 heterocycles. The molecular weight excluding hydrogens is 254 g/mol. The molecule has 5 heteroatoms. The molecule has 0 fully saturated rings. The van der Waals surface area contributed by atoms with Gasteiger partial charge in [0.25, 0.3) is 5.69 Å². The van der Waals surface area contributed by atoms with Crippen molar-refractivity contribution in [1.82, 2.24) is 4.98 Å². The van der Waals surface area contributed by atoms with Crippen molar-refractivity contribution in [2.75, 3.05) is 12.4 Å². The molecule has 1 aromatic carbocycles. The van der Waals surface area contributed by atoms with Crippen molar-refractivity contribution < 1.29 is 4.92 Å². The van der Waals surface area contributed by atoms with Gasteiger partial charge in [-0.25, -0.2) is 4.98 Å². The van der Waals surface area contributed by atoms with E-state index in [0.717, 1.165) is 18.4 Å². The summed E-state index contributed by atoms with van der Waals surface area (Å²) < 4.78 is 0. The van der Waals surface area contributed by atoms with Crippen LogP contribution < -0.4 is 5.32 Å². The third-order valence-corrected chi connectivity index (χ3v) is 3.04. The molecule has 0 atom stereocenters. The zero-order valence-corrected chi connectivity index (χ0v) is 11.6. The fourth-order valence-corrected chi connectivity index (χ4v) is 2.07. The van der Waals surface area contributed by atoms with Crippen LogP contribution in [-0.4, -0.2) is 17.0 Å². The lowest BCUT2D eigenvalue weighted by Gasteiger charge is -2.06. The molecule has 0 spiro atoms. The molecule has 2 aromatic rings. The van der Waals surface area contributed by atoms with Gasteiger partial charge < -0.3 is 5.32 Å². The van der Waals surface area contributed by atoms with E-state index < -0.39 is 4.92 Å². The van der Waals surface area contributed by atoms with Crippen LogP contribution in [0.25, 0.3) is 11.3 Å². The predicted molar refractivity (Wildman–Crippen MR) is 79.9 cm³/mol. The molecule has 0 saturated carbocycles. The molecule has 1 N–H and O–H groups in total. The number of anilines is 1. The van der Waals surface area contributed by atoms with E-state index in [1.165, 1.54) is 17.7 Å². The van der Waals surface area contributed by atoms with E-state index in [1.54, 1.807) is 7.05 Å². The molecule has 5 nitrogen and oxygen atoms in total. The number of hydrogen-bond donors (Lipinski definition) is 1. The highest BCUT2D eigenvalue weighted by atomic mass is 16.6. The number of nitro groups is 1. The number of aryl methyl sites for hydroxylation is 1. The van der Waals surface area contributed by atoms with Gasteiger partial charge in [-0.3, -0.25) is 10.1 Å². The van der Waals surface area contributed by atoms with Gasteiger partial charge in [-0.2, -0.15) is 0 Å². The van der Waals surface area contributed by atoms with Gasteiger partial charge >= 0.3 is 0 Å². The lowest BCUT2D eigenvalue weighted by atomic mass is 10.0. The van der Waals surface area contributed by atoms with Crippen LogP contribution in [0.3, 0.4) is 0 Å². The first-order chi connectivity index (χ1) is 9.63. The summed E-state index contributed by atoms with van der Waals surface area (Å²) in [6, 6.07) is 10.9. The minimum atomic E-state index is -0.401. The van der Waals surface area contributed by atoms with Crippen molar-refractivity contribution >= 4 is 11.5 Å². The van der Waals surface area contributed by atoms with Gasteiger partial charge in [-0.05, 0) is 18.1 Å². The third kappa shape index (κ3) is 3.12. The molecule has 0 unspecified atom stereocenters. The highest BCUT2D eigenvalue weighted by Crippen LogP contribution is 2.26. The molecule has 0 aliphatic heterocycles. The van der Waals surface area contributed by atoms with Crippen LogP contribution in [0.15, 0.2) is 36.4 Å². The molecule has 0 radical (unpaired) electrons. The lowest BCUT2D eigenvalue weighted by molar-refractivity contribution is -0.384. The molecule has 0 amide bonds. The third-order valence-electron chi connectivity index (χ3n) is 3.04. The minimum Gasteiger partial charge on any atom is -0.373 e. The molecule has 104 valence electrons. The number of nitrogens with zero attached hydrogens (tertiary/aromatic N) is 2. The monoisotopic (exact) mass is 271 g/mol. The second kappa shape index (κ2) is 6.14. The van der Waals surface area contributed by atoms with E-state index in [9.17, 15) is 10.1 Å². The quantitative estimate of drug-likeness (QED) is 0.665. The van der Waals surface area contributed by atoms with Crippen LogP contribution in [0.1, 0.15) is 18.9 Å². The maximum Gasteiger partial charge on any atom is 0.275 e. The van der Waals surface area contributed by atoms with E-state index in [0.29, 0.717) is 11.5 Å². The summed E-state index contributed by atoms with van der Waals surface area (Å²) in [5.74, 6) is 0.495. The molecule has 0 aliphatic carbocycles. The Bertz CT molecular complexity index is 626. The molecule has 0 bridgehead atoms. The highest BCUT2D eigenvalue weighted by molar-refractivity contribution is 5.65. The highest BCUT2D eigenvalue weighted by Gasteiger charge is 2.12. The van der Waals surface area contributed by atoms with Gasteiger partial charge in [-0.15, -0.1) is 0 Å². The van der Waals surface area contributed by atoms with Gasteiger partial charge in [-0.1, -0.05) is 31.5 Å². The number of rotatable bonds is 5. The number of aromatic nitrogens is 1. The SMILES string of the molecule is CCCc1cccc(-c2cc([N+](=O)[O-])cc(NC)n2)c1. The summed E-state index contributed by atoms with van der Waals surface area (Å²) in [6.07, 6.45) is 2.05. The van der Waals surface area contributed by atoms with Crippen LogP contribution in [0.5, 0.6) is 0 Å². The van der Waals surface area contributed by atoms with Crippen molar-refractivity contribution in [3.05, 3.63) is 52.1 Å². The Morgan fingerprint density at radius 2 is 2.10 bits per heavy atom. The number of hydrogen-bond acceptors (Lipinski definition) is 4. The predicted octanol–water partition coefficient (Wildman–Crippen LogP) is 3.65. The van der Waals surface area contributed by atoms with E-state index in [2.05, 4.69) is 23.3 Å². The number of pyridine rings is 1. The zero-order chi connectivity index (χ0) is 14.5. The summed E-state index contributed by atoms with van der Waals surface area (Å²) in [6.45, 7) is 2.12. The van der Waals surface area contributed by atoms with E-state index in [1.807, 2.05) is 18.2 Å². The van der Waals surface area contributed by atoms with Crippen molar-refractivity contribution in [3.63, 3.8) is 0 Å². The smallest absolute Gasteiger partial charge is 0.275 e. The maximum absolute atomic E-state index is 11.0. The first-order valence-electron chi connectivity index (χ1n) is 6.57. The summed E-state index contributed by atoms with van der Waals surface area (Å²) in [5, 5.41) is 13.8. The molecular formula is C15H17N3O2. The second-order valence-electron chi connectivity index (χ2n) is 4.55. The molecule has 0 aliphatic rings. The van der Waals surface area contributed by atoms with E-state index >= 15 is 0 Å². The van der Waals surface area contributed by atoms with Crippen molar-refractivity contribution in [3.8, 4) is 11.3 Å². The summed E-state index contributed by atoms with van der Waals surface area (Å²) in [5.41, 5.74) is 2.77. The van der Waals surface area contributed by atoms with Crippen LogP contribution in [0, 0.1) is 10.1 Å². The van der Waals surface area contributed by atoms with Crippen LogP contribution >= 0.6 is 0 Å². The summed E-state index contributed by atoms with van der Waals surface area (Å²) in [4.78, 5) is 15.0. The average molecular weight is 271 g/mol. The minimum absolute atomic E-state index is 0.0419. The average Bonchev–Trinajstić information content (AvgIpc) is 2.47. The van der Waals surface area contributed by atoms with E-state index in [4.69, 9.17) is 0 Å². The van der Waals surface area contributed by atoms with Gasteiger partial charge in [0.1, 0.15) is 5.82 Å². The Labute approximate surface area is 117 Å². The van der Waals surface area contributed by atoms with Gasteiger partial charge in [0.05, 0.1) is 16.7 Å². The topological polar surface area (TPSA) is 68.1 Å². The first-order valence-corrected chi connectivity index (χ1v) is 6.57. The summed E-state index contributed by atoms with van der Waals surface area (Å²) in [7, 11) is 1.70. The van der Waals surface area contributed by atoms with E-state index in [-0.39, 0.29) is 5.69 Å². The van der Waals surface area contributed by atoms with Crippen molar-refractivity contribution in [1.29, 1.82) is 0 Å². The lowest BCUT2D eigenvalue weighted by Crippen LogP contribution is -1.97. The zero-order valence-electron chi connectivity index (χ0n) is 11.6. The van der Waals surface area contributed by atoms with Gasteiger partial charge in [0.15, 0.2) is 0 Å². The fourth-order valence-electron chi connectivity index (χ4n) is 2.07. The Morgan fingerprint density at radius 3 is 2.75 bits per heavy atom. The van der Waals surface area contributed by atoms with Gasteiger partial charge in [0, 0.05) is 18.7 Å². The second-order valence-corrected chi connectivity index (χ2v) is 4.55. The molecule has 20 heavy (non-hydrogen) atoms. The molecule has 1 aromatic heterocycles. The molecule has 0 saturated heterocycles. The van der Waals surface area contributed by atoms with Crippen molar-refractivity contribution in [2.24, 2.45) is 0 Å². The maximum atomic E-state index is 11.0.